The van der Waals surface area contributed by atoms with E-state index in [9.17, 15) is 9.59 Å². The van der Waals surface area contributed by atoms with E-state index in [1.807, 2.05) is 0 Å². The molecule has 1 atom stereocenters. The zero-order chi connectivity index (χ0) is 8.72. The van der Waals surface area contributed by atoms with Gasteiger partial charge >= 0.3 is 6.03 Å². The van der Waals surface area contributed by atoms with Gasteiger partial charge in [0.2, 0.25) is 5.91 Å². The number of imide groups is 1. The predicted molar refractivity (Wildman–Crippen MR) is 41.0 cm³/mol. The summed E-state index contributed by atoms with van der Waals surface area (Å²) in [5.74, 6) is -0.274. The lowest BCUT2D eigenvalue weighted by molar-refractivity contribution is -0.122. The zero-order valence-electron chi connectivity index (χ0n) is 6.62. The highest BCUT2D eigenvalue weighted by Crippen LogP contribution is 2.29. The summed E-state index contributed by atoms with van der Waals surface area (Å²) in [5.41, 5.74) is 5.64. The number of carbonyl (C=O) groups excluding carboxylic acids is 2. The first-order chi connectivity index (χ1) is 5.68. The largest absolute Gasteiger partial charge is 0.325 e. The second-order valence-corrected chi connectivity index (χ2v) is 3.26. The first kappa shape index (κ1) is 7.54. The fourth-order valence-corrected chi connectivity index (χ4v) is 1.46. The maximum absolute atomic E-state index is 11.2. The number of amides is 3. The molecule has 0 bridgehead atoms. The highest BCUT2D eigenvalue weighted by Gasteiger charge is 2.40. The van der Waals surface area contributed by atoms with Gasteiger partial charge in [-0.15, -0.1) is 0 Å². The third-order valence-corrected chi connectivity index (χ3v) is 2.17. The summed E-state index contributed by atoms with van der Waals surface area (Å²) in [5, 5.41) is 2.25. The monoisotopic (exact) mass is 169 g/mol. The molecule has 0 radical (unpaired) electrons. The van der Waals surface area contributed by atoms with E-state index in [2.05, 4.69) is 5.32 Å². The molecule has 1 heterocycles. The highest BCUT2D eigenvalue weighted by atomic mass is 16.2. The van der Waals surface area contributed by atoms with Crippen LogP contribution in [0.4, 0.5) is 4.79 Å². The number of hydrogen-bond donors (Lipinski definition) is 2. The van der Waals surface area contributed by atoms with Crippen molar-refractivity contribution in [3.63, 3.8) is 0 Å². The number of rotatable bonds is 1. The van der Waals surface area contributed by atoms with Crippen LogP contribution in [-0.4, -0.2) is 29.0 Å². The Labute approximate surface area is 69.9 Å². The molecule has 2 fully saturated rings. The van der Waals surface area contributed by atoms with Gasteiger partial charge in [0, 0.05) is 6.04 Å². The van der Waals surface area contributed by atoms with Crippen LogP contribution in [0.3, 0.4) is 0 Å². The molecule has 66 valence electrons. The van der Waals surface area contributed by atoms with Crippen LogP contribution in [0.15, 0.2) is 0 Å². The number of hydrogen-bond acceptors (Lipinski definition) is 3. The summed E-state index contributed by atoms with van der Waals surface area (Å²) in [7, 11) is 0. The third-order valence-electron chi connectivity index (χ3n) is 2.17. The fourth-order valence-electron chi connectivity index (χ4n) is 1.46. The van der Waals surface area contributed by atoms with Gasteiger partial charge in [0.15, 0.2) is 0 Å². The third kappa shape index (κ3) is 1.16. The van der Waals surface area contributed by atoms with Crippen LogP contribution in [-0.2, 0) is 4.79 Å². The second-order valence-electron chi connectivity index (χ2n) is 3.26. The molecular formula is C7H11N3O2. The molecule has 0 aromatic rings. The van der Waals surface area contributed by atoms with Crippen LogP contribution in [0.25, 0.3) is 0 Å². The van der Waals surface area contributed by atoms with E-state index in [1.165, 1.54) is 0 Å². The van der Waals surface area contributed by atoms with E-state index >= 15 is 0 Å². The fraction of sp³-hybridized carbons (Fsp3) is 0.714. The Morgan fingerprint density at radius 1 is 1.42 bits per heavy atom. The van der Waals surface area contributed by atoms with Crippen molar-refractivity contribution in [3.05, 3.63) is 0 Å². The van der Waals surface area contributed by atoms with Gasteiger partial charge in [0.05, 0.1) is 12.6 Å². The average Bonchev–Trinajstić information content (AvgIpc) is 2.68. The van der Waals surface area contributed by atoms with E-state index in [0.717, 1.165) is 12.8 Å². The number of carbonyl (C=O) groups is 2. The summed E-state index contributed by atoms with van der Waals surface area (Å²) in [6.45, 7) is 0. The second kappa shape index (κ2) is 2.45. The quantitative estimate of drug-likeness (QED) is 0.549. The van der Waals surface area contributed by atoms with E-state index in [-0.39, 0.29) is 24.4 Å². The molecule has 12 heavy (non-hydrogen) atoms. The average molecular weight is 169 g/mol. The van der Waals surface area contributed by atoms with Crippen molar-refractivity contribution in [2.75, 3.05) is 0 Å². The van der Waals surface area contributed by atoms with Gasteiger partial charge < -0.3 is 10.6 Å². The molecule has 2 rings (SSSR count). The summed E-state index contributed by atoms with van der Waals surface area (Å²) < 4.78 is 0. The molecule has 1 aliphatic heterocycles. The van der Waals surface area contributed by atoms with Gasteiger partial charge in [-0.3, -0.25) is 10.1 Å². The Balaban J connectivity index is 2.10. The Morgan fingerprint density at radius 3 is 2.58 bits per heavy atom. The van der Waals surface area contributed by atoms with Crippen molar-refractivity contribution >= 4 is 11.9 Å². The maximum Gasteiger partial charge on any atom is 0.325 e. The minimum atomic E-state index is -0.418. The number of nitrogens with two attached hydrogens (primary N) is 1. The summed E-state index contributed by atoms with van der Waals surface area (Å²) >= 11 is 0. The number of nitrogens with zero attached hydrogens (tertiary/aromatic N) is 1. The molecule has 5 heteroatoms. The van der Waals surface area contributed by atoms with Crippen molar-refractivity contribution in [2.24, 2.45) is 5.73 Å². The summed E-state index contributed by atoms with van der Waals surface area (Å²) in [4.78, 5) is 23.6. The molecule has 0 spiro atoms. The Kier molecular flexibility index (Phi) is 1.54. The molecule has 3 amide bonds. The number of urea groups is 1. The van der Waals surface area contributed by atoms with Crippen LogP contribution < -0.4 is 11.1 Å². The lowest BCUT2D eigenvalue weighted by atomic mass is 10.2. The Bertz CT molecular complexity index is 237. The van der Waals surface area contributed by atoms with Crippen molar-refractivity contribution in [3.8, 4) is 0 Å². The molecule has 2 aliphatic rings. The van der Waals surface area contributed by atoms with Gasteiger partial charge in [-0.05, 0) is 12.8 Å². The van der Waals surface area contributed by atoms with Crippen LogP contribution in [0.1, 0.15) is 19.3 Å². The van der Waals surface area contributed by atoms with Crippen LogP contribution in [0, 0.1) is 0 Å². The number of nitrogens with one attached hydrogen (secondary N) is 1. The normalized spacial score (nSPS) is 30.4. The SMILES string of the molecule is NC1CC(=O)NC(=O)N1C1CC1. The van der Waals surface area contributed by atoms with E-state index in [0.29, 0.717) is 0 Å². The Morgan fingerprint density at radius 2 is 2.08 bits per heavy atom. The van der Waals surface area contributed by atoms with Gasteiger partial charge in [-0.25, -0.2) is 4.79 Å². The molecule has 5 nitrogen and oxygen atoms in total. The molecule has 0 aromatic heterocycles. The van der Waals surface area contributed by atoms with Crippen molar-refractivity contribution < 1.29 is 9.59 Å². The molecule has 3 N–H and O–H groups in total. The summed E-state index contributed by atoms with van der Waals surface area (Å²) in [6, 6.07) is -0.0608. The minimum absolute atomic E-state index is 0.224. The molecular weight excluding hydrogens is 158 g/mol. The predicted octanol–water partition coefficient (Wildman–Crippen LogP) is -0.625. The van der Waals surface area contributed by atoms with E-state index in [4.69, 9.17) is 5.73 Å². The minimum Gasteiger partial charge on any atom is -0.311 e. The maximum atomic E-state index is 11.2. The van der Waals surface area contributed by atoms with Crippen LogP contribution in [0.2, 0.25) is 0 Å². The smallest absolute Gasteiger partial charge is 0.311 e. The standard InChI is InChI=1S/C7H11N3O2/c8-5-3-6(11)9-7(12)10(5)4-1-2-4/h4-5H,1-3,8H2,(H,9,11,12). The molecule has 1 saturated heterocycles. The van der Waals surface area contributed by atoms with E-state index in [1.54, 1.807) is 4.90 Å². The summed E-state index contributed by atoms with van der Waals surface area (Å²) in [6.07, 6.45) is 1.83. The van der Waals surface area contributed by atoms with Crippen LogP contribution in [0.5, 0.6) is 0 Å². The van der Waals surface area contributed by atoms with Crippen molar-refractivity contribution in [2.45, 2.75) is 31.5 Å². The van der Waals surface area contributed by atoms with Crippen LogP contribution >= 0.6 is 0 Å². The van der Waals surface area contributed by atoms with E-state index < -0.39 is 6.17 Å². The first-order valence-corrected chi connectivity index (χ1v) is 4.06. The zero-order valence-corrected chi connectivity index (χ0v) is 6.62. The van der Waals surface area contributed by atoms with Gasteiger partial charge in [0.25, 0.3) is 0 Å². The Hall–Kier alpha value is -1.10. The lowest BCUT2D eigenvalue weighted by Crippen LogP contribution is -2.59. The highest BCUT2D eigenvalue weighted by molar-refractivity contribution is 5.97. The van der Waals surface area contributed by atoms with Crippen molar-refractivity contribution in [1.82, 2.24) is 10.2 Å². The van der Waals surface area contributed by atoms with Gasteiger partial charge in [0.1, 0.15) is 0 Å². The topological polar surface area (TPSA) is 75.4 Å². The van der Waals surface area contributed by atoms with Gasteiger partial charge in [-0.1, -0.05) is 0 Å². The van der Waals surface area contributed by atoms with Crippen molar-refractivity contribution in [1.29, 1.82) is 0 Å². The molecule has 1 unspecified atom stereocenters. The molecule has 0 aromatic carbocycles. The molecule has 1 aliphatic carbocycles. The first-order valence-electron chi connectivity index (χ1n) is 4.06. The molecule has 1 saturated carbocycles. The lowest BCUT2D eigenvalue weighted by Gasteiger charge is -2.32. The van der Waals surface area contributed by atoms with Gasteiger partial charge in [-0.2, -0.15) is 0 Å².